The predicted molar refractivity (Wildman–Crippen MR) is 68.9 cm³/mol. The zero-order valence-electron chi connectivity index (χ0n) is 10.0. The van der Waals surface area contributed by atoms with Crippen LogP contribution in [-0.4, -0.2) is 49.7 Å². The molecule has 0 radical (unpaired) electrons. The predicted octanol–water partition coefficient (Wildman–Crippen LogP) is -0.490. The van der Waals surface area contributed by atoms with Crippen molar-refractivity contribution in [1.82, 2.24) is 15.0 Å². The molecule has 1 aromatic heterocycles. The minimum Gasteiger partial charge on any atom is -0.476 e. The molecule has 0 saturated heterocycles. The van der Waals surface area contributed by atoms with Crippen LogP contribution in [-0.2, 0) is 10.0 Å². The van der Waals surface area contributed by atoms with E-state index >= 15 is 0 Å². The van der Waals surface area contributed by atoms with E-state index in [4.69, 9.17) is 5.11 Å². The van der Waals surface area contributed by atoms with Crippen LogP contribution in [0.1, 0.15) is 26.7 Å². The number of rotatable bonds is 7. The molecule has 106 valence electrons. The van der Waals surface area contributed by atoms with Crippen LogP contribution in [0.3, 0.4) is 0 Å². The molecule has 10 heteroatoms. The van der Waals surface area contributed by atoms with Crippen LogP contribution in [0.4, 0.5) is 0 Å². The van der Waals surface area contributed by atoms with Crippen LogP contribution in [0.15, 0.2) is 5.38 Å². The number of nitrogens with one attached hydrogen (secondary N) is 2. The Kier molecular flexibility index (Phi) is 5.39. The van der Waals surface area contributed by atoms with Gasteiger partial charge in [-0.15, -0.1) is 11.3 Å². The number of carboxylic acid groups (broad SMARTS) is 1. The first kappa shape index (κ1) is 15.5. The van der Waals surface area contributed by atoms with Crippen molar-refractivity contribution in [3.63, 3.8) is 0 Å². The van der Waals surface area contributed by atoms with E-state index < -0.39 is 21.9 Å². The Morgan fingerprint density at radius 3 is 2.63 bits per heavy atom. The topological polar surface area (TPSA) is 125 Å². The summed E-state index contributed by atoms with van der Waals surface area (Å²) in [6, 6.07) is 0. The molecule has 3 N–H and O–H groups in total. The maximum Gasteiger partial charge on any atom is 0.355 e. The number of sulfonamides is 1. The summed E-state index contributed by atoms with van der Waals surface area (Å²) in [7, 11) is -3.22. The van der Waals surface area contributed by atoms with Gasteiger partial charge in [-0.05, 0) is 6.42 Å². The van der Waals surface area contributed by atoms with Crippen molar-refractivity contribution in [2.45, 2.75) is 6.42 Å². The Hall–Kier alpha value is -1.52. The van der Waals surface area contributed by atoms with E-state index in [0.29, 0.717) is 6.42 Å². The lowest BCUT2D eigenvalue weighted by Gasteiger charge is -2.03. The normalized spacial score (nSPS) is 11.2. The number of amides is 1. The highest BCUT2D eigenvalue weighted by molar-refractivity contribution is 7.88. The van der Waals surface area contributed by atoms with E-state index in [1.165, 1.54) is 5.38 Å². The Morgan fingerprint density at radius 1 is 1.42 bits per heavy atom. The number of aromatic carboxylic acids is 1. The molecular weight excluding hydrogens is 294 g/mol. The summed E-state index contributed by atoms with van der Waals surface area (Å²) in [5.74, 6) is -1.66. The number of nitrogens with zero attached hydrogens (tertiary/aromatic N) is 1. The fraction of sp³-hybridized carbons (Fsp3) is 0.444. The van der Waals surface area contributed by atoms with E-state index in [1.807, 2.05) is 0 Å². The highest BCUT2D eigenvalue weighted by Crippen LogP contribution is 2.09. The molecule has 0 atom stereocenters. The second kappa shape index (κ2) is 6.59. The average molecular weight is 307 g/mol. The average Bonchev–Trinajstić information content (AvgIpc) is 2.76. The molecule has 1 heterocycles. The van der Waals surface area contributed by atoms with Crippen LogP contribution in [0, 0.1) is 0 Å². The molecule has 0 bridgehead atoms. The highest BCUT2D eigenvalue weighted by Gasteiger charge is 2.14. The first-order valence-electron chi connectivity index (χ1n) is 5.21. The van der Waals surface area contributed by atoms with Gasteiger partial charge in [-0.25, -0.2) is 22.9 Å². The van der Waals surface area contributed by atoms with Gasteiger partial charge in [-0.2, -0.15) is 0 Å². The Labute approximate surface area is 113 Å². The number of carbonyl (C=O) groups is 2. The fourth-order valence-corrected chi connectivity index (χ4v) is 2.32. The minimum atomic E-state index is -3.22. The third kappa shape index (κ3) is 5.77. The lowest BCUT2D eigenvalue weighted by Crippen LogP contribution is -2.29. The largest absolute Gasteiger partial charge is 0.476 e. The number of carboxylic acids is 1. The van der Waals surface area contributed by atoms with Crippen LogP contribution >= 0.6 is 11.3 Å². The van der Waals surface area contributed by atoms with Gasteiger partial charge >= 0.3 is 5.97 Å². The summed E-state index contributed by atoms with van der Waals surface area (Å²) in [5, 5.41) is 12.5. The van der Waals surface area contributed by atoms with Gasteiger partial charge in [0.25, 0.3) is 5.91 Å². The van der Waals surface area contributed by atoms with Crippen LogP contribution < -0.4 is 10.0 Å². The van der Waals surface area contributed by atoms with Gasteiger partial charge in [0.05, 0.1) is 6.26 Å². The van der Waals surface area contributed by atoms with Gasteiger partial charge in [0.1, 0.15) is 0 Å². The van der Waals surface area contributed by atoms with E-state index in [0.717, 1.165) is 17.6 Å². The van der Waals surface area contributed by atoms with Crippen molar-refractivity contribution in [1.29, 1.82) is 0 Å². The monoisotopic (exact) mass is 307 g/mol. The second-order valence-electron chi connectivity index (χ2n) is 3.62. The Morgan fingerprint density at radius 2 is 2.11 bits per heavy atom. The summed E-state index contributed by atoms with van der Waals surface area (Å²) in [4.78, 5) is 25.8. The molecule has 0 spiro atoms. The zero-order valence-corrected chi connectivity index (χ0v) is 11.7. The molecular formula is C9H13N3O5S2. The summed E-state index contributed by atoms with van der Waals surface area (Å²) in [5.41, 5.74) is -0.172. The minimum absolute atomic E-state index is 0.0634. The number of carbonyl (C=O) groups excluding carboxylic acids is 1. The molecule has 1 amide bonds. The van der Waals surface area contributed by atoms with Crippen LogP contribution in [0.25, 0.3) is 0 Å². The maximum atomic E-state index is 11.5. The molecule has 0 aliphatic heterocycles. The van der Waals surface area contributed by atoms with Crippen molar-refractivity contribution in [2.24, 2.45) is 0 Å². The van der Waals surface area contributed by atoms with E-state index in [2.05, 4.69) is 15.0 Å². The van der Waals surface area contributed by atoms with Gasteiger partial charge in [0.15, 0.2) is 10.7 Å². The summed E-state index contributed by atoms with van der Waals surface area (Å²) >= 11 is 0.939. The lowest BCUT2D eigenvalue weighted by atomic mass is 10.4. The van der Waals surface area contributed by atoms with Gasteiger partial charge < -0.3 is 10.4 Å². The van der Waals surface area contributed by atoms with Gasteiger partial charge in [-0.3, -0.25) is 4.79 Å². The maximum absolute atomic E-state index is 11.5. The smallest absolute Gasteiger partial charge is 0.355 e. The van der Waals surface area contributed by atoms with Crippen LogP contribution in [0.2, 0.25) is 0 Å². The molecule has 0 unspecified atom stereocenters. The van der Waals surface area contributed by atoms with Crippen molar-refractivity contribution < 1.29 is 23.1 Å². The quantitative estimate of drug-likeness (QED) is 0.584. The molecule has 19 heavy (non-hydrogen) atoms. The number of hydrogen-bond acceptors (Lipinski definition) is 6. The van der Waals surface area contributed by atoms with Crippen molar-refractivity contribution in [3.05, 3.63) is 16.1 Å². The SMILES string of the molecule is CS(=O)(=O)NCCCNC(=O)c1nc(C(=O)O)cs1. The molecule has 0 fully saturated rings. The fourth-order valence-electron chi connectivity index (χ4n) is 1.10. The third-order valence-corrected chi connectivity index (χ3v) is 3.49. The summed E-state index contributed by atoms with van der Waals surface area (Å²) < 4.78 is 23.8. The second-order valence-corrected chi connectivity index (χ2v) is 6.31. The molecule has 1 aromatic rings. The summed E-state index contributed by atoms with van der Waals surface area (Å²) in [6.45, 7) is 0.487. The van der Waals surface area contributed by atoms with Crippen LogP contribution in [0.5, 0.6) is 0 Å². The molecule has 0 aromatic carbocycles. The third-order valence-electron chi connectivity index (χ3n) is 1.92. The summed E-state index contributed by atoms with van der Waals surface area (Å²) in [6.07, 6.45) is 1.48. The number of hydrogen-bond donors (Lipinski definition) is 3. The first-order valence-corrected chi connectivity index (χ1v) is 7.98. The number of thiazole rings is 1. The molecule has 0 saturated carbocycles. The van der Waals surface area contributed by atoms with E-state index in [1.54, 1.807) is 0 Å². The van der Waals surface area contributed by atoms with E-state index in [-0.39, 0.29) is 23.8 Å². The van der Waals surface area contributed by atoms with E-state index in [9.17, 15) is 18.0 Å². The van der Waals surface area contributed by atoms with Gasteiger partial charge in [-0.1, -0.05) is 0 Å². The lowest BCUT2D eigenvalue weighted by molar-refractivity contribution is 0.0691. The highest BCUT2D eigenvalue weighted by atomic mass is 32.2. The van der Waals surface area contributed by atoms with Crippen molar-refractivity contribution in [2.75, 3.05) is 19.3 Å². The number of aromatic nitrogens is 1. The molecule has 8 nitrogen and oxygen atoms in total. The molecule has 1 rings (SSSR count). The molecule has 0 aliphatic carbocycles. The van der Waals surface area contributed by atoms with Crippen molar-refractivity contribution in [3.8, 4) is 0 Å². The first-order chi connectivity index (χ1) is 8.79. The Balaban J connectivity index is 2.33. The van der Waals surface area contributed by atoms with Gasteiger partial charge in [0.2, 0.25) is 10.0 Å². The molecule has 0 aliphatic rings. The standard InChI is InChI=1S/C9H13N3O5S2/c1-19(16,17)11-4-2-3-10-7(13)8-12-6(5-18-8)9(14)15/h5,11H,2-4H2,1H3,(H,10,13)(H,14,15). The zero-order chi connectivity index (χ0) is 14.5. The van der Waals surface area contributed by atoms with Gasteiger partial charge in [0, 0.05) is 18.5 Å². The Bertz CT molecular complexity index is 566. The van der Waals surface area contributed by atoms with Crippen molar-refractivity contribution >= 4 is 33.2 Å².